The molecular weight excluding hydrogens is 410 g/mol. The van der Waals surface area contributed by atoms with Crippen LogP contribution in [-0.4, -0.2) is 48.3 Å². The molecule has 2 amide bonds. The molecule has 0 radical (unpaired) electrons. The summed E-state index contributed by atoms with van der Waals surface area (Å²) in [5.74, 6) is -1.90. The number of urea groups is 1. The van der Waals surface area contributed by atoms with Crippen molar-refractivity contribution in [1.82, 2.24) is 14.9 Å². The molecule has 2 aliphatic heterocycles. The van der Waals surface area contributed by atoms with Crippen LogP contribution in [0.2, 0.25) is 0 Å². The van der Waals surface area contributed by atoms with E-state index in [4.69, 9.17) is 4.84 Å². The number of nitrogens with one attached hydrogen (secondary N) is 2. The van der Waals surface area contributed by atoms with Crippen molar-refractivity contribution in [3.05, 3.63) is 53.6 Å². The number of carbonyl (C=O) groups is 1. The summed E-state index contributed by atoms with van der Waals surface area (Å²) in [6.45, 7) is 1.27. The van der Waals surface area contributed by atoms with Gasteiger partial charge in [0.15, 0.2) is 0 Å². The first-order chi connectivity index (χ1) is 14.6. The highest BCUT2D eigenvalue weighted by Gasteiger charge is 2.40. The van der Waals surface area contributed by atoms with Gasteiger partial charge in [-0.2, -0.15) is 0 Å². The second kappa shape index (κ2) is 9.18. The molecule has 0 aromatic heterocycles. The number of fused-ring (bicyclic) bond motifs is 1. The number of likely N-dealkylation sites (tertiary alicyclic amines) is 1. The SMILES string of the molecule is CSN[C@H]1CCCN(C(=O)NC2ON=C3C=CC=C(c4c(F)cccc4F)C32)CC1. The monoisotopic (exact) mass is 434 g/mol. The fourth-order valence-corrected chi connectivity index (χ4v) is 4.69. The summed E-state index contributed by atoms with van der Waals surface area (Å²) >= 11 is 1.59. The third-order valence-corrected chi connectivity index (χ3v) is 6.16. The van der Waals surface area contributed by atoms with Gasteiger partial charge in [-0.05, 0) is 49.3 Å². The van der Waals surface area contributed by atoms with Crippen molar-refractivity contribution in [1.29, 1.82) is 0 Å². The summed E-state index contributed by atoms with van der Waals surface area (Å²) in [4.78, 5) is 20.1. The molecule has 1 fully saturated rings. The van der Waals surface area contributed by atoms with Crippen molar-refractivity contribution in [2.75, 3.05) is 19.3 Å². The van der Waals surface area contributed by atoms with Crippen LogP contribution in [0.5, 0.6) is 0 Å². The number of benzene rings is 1. The van der Waals surface area contributed by atoms with Crippen LogP contribution in [0.3, 0.4) is 0 Å². The molecule has 3 atom stereocenters. The molecule has 6 nitrogen and oxygen atoms in total. The summed E-state index contributed by atoms with van der Waals surface area (Å²) < 4.78 is 32.2. The van der Waals surface area contributed by atoms with Crippen molar-refractivity contribution < 1.29 is 18.4 Å². The number of hydrogen-bond acceptors (Lipinski definition) is 5. The number of rotatable bonds is 4. The van der Waals surface area contributed by atoms with Gasteiger partial charge in [0.25, 0.3) is 0 Å². The van der Waals surface area contributed by atoms with E-state index in [1.807, 2.05) is 6.26 Å². The summed E-state index contributed by atoms with van der Waals surface area (Å²) in [6, 6.07) is 3.87. The Morgan fingerprint density at radius 3 is 2.83 bits per heavy atom. The Bertz CT molecular complexity index is 885. The van der Waals surface area contributed by atoms with Crippen LogP contribution in [0.4, 0.5) is 13.6 Å². The summed E-state index contributed by atoms with van der Waals surface area (Å²) in [6.07, 6.45) is 8.98. The highest BCUT2D eigenvalue weighted by molar-refractivity contribution is 7.96. The van der Waals surface area contributed by atoms with E-state index in [0.29, 0.717) is 30.4 Å². The lowest BCUT2D eigenvalue weighted by Gasteiger charge is -2.27. The summed E-state index contributed by atoms with van der Waals surface area (Å²) in [7, 11) is 0. The van der Waals surface area contributed by atoms with Gasteiger partial charge in [-0.3, -0.25) is 10.0 Å². The van der Waals surface area contributed by atoms with Gasteiger partial charge in [0, 0.05) is 19.1 Å². The van der Waals surface area contributed by atoms with Gasteiger partial charge < -0.3 is 9.74 Å². The van der Waals surface area contributed by atoms with Crippen molar-refractivity contribution in [2.24, 2.45) is 11.1 Å². The van der Waals surface area contributed by atoms with Crippen molar-refractivity contribution in [3.63, 3.8) is 0 Å². The molecule has 0 bridgehead atoms. The smallest absolute Gasteiger partial charge is 0.320 e. The molecule has 9 heteroatoms. The second-order valence-electron chi connectivity index (χ2n) is 7.48. The van der Waals surface area contributed by atoms with Crippen LogP contribution in [0.1, 0.15) is 24.8 Å². The third kappa shape index (κ3) is 4.22. The lowest BCUT2D eigenvalue weighted by atomic mass is 9.84. The van der Waals surface area contributed by atoms with Gasteiger partial charge in [-0.1, -0.05) is 35.3 Å². The van der Waals surface area contributed by atoms with Gasteiger partial charge in [0.2, 0.25) is 6.23 Å². The normalized spacial score (nSPS) is 25.7. The Hall–Kier alpha value is -2.39. The topological polar surface area (TPSA) is 66.0 Å². The van der Waals surface area contributed by atoms with Gasteiger partial charge in [-0.25, -0.2) is 13.6 Å². The van der Waals surface area contributed by atoms with Gasteiger partial charge in [-0.15, -0.1) is 0 Å². The highest BCUT2D eigenvalue weighted by atomic mass is 32.2. The molecule has 2 N–H and O–H groups in total. The molecule has 1 aliphatic carbocycles. The minimum Gasteiger partial charge on any atom is -0.369 e. The second-order valence-corrected chi connectivity index (χ2v) is 8.13. The predicted octanol–water partition coefficient (Wildman–Crippen LogP) is 3.68. The minimum absolute atomic E-state index is 0.120. The third-order valence-electron chi connectivity index (χ3n) is 5.59. The Morgan fingerprint density at radius 2 is 2.07 bits per heavy atom. The molecule has 0 spiro atoms. The quantitative estimate of drug-likeness (QED) is 0.710. The lowest BCUT2D eigenvalue weighted by Crippen LogP contribution is -2.48. The number of carbonyl (C=O) groups excluding carboxylic acids is 1. The number of oxime groups is 1. The molecule has 1 aromatic carbocycles. The van der Waals surface area contributed by atoms with E-state index in [2.05, 4.69) is 15.2 Å². The molecule has 1 aromatic rings. The minimum atomic E-state index is -0.828. The molecule has 2 heterocycles. The maximum atomic E-state index is 14.4. The standard InChI is InChI=1S/C21H24F2N4O2S/c1-30-26-13-5-4-11-27(12-10-13)21(28)24-20-19-14(6-2-9-17(19)25-29-20)18-15(22)7-3-8-16(18)23/h2-3,6-9,13,19-20,26H,4-5,10-12H2,1H3,(H,24,28)/t13-,19?,20?/m0/s1. The molecule has 0 saturated carbocycles. The molecule has 30 heavy (non-hydrogen) atoms. The van der Waals surface area contributed by atoms with Crippen LogP contribution < -0.4 is 10.0 Å². The van der Waals surface area contributed by atoms with E-state index < -0.39 is 23.8 Å². The molecule has 2 unspecified atom stereocenters. The molecular formula is C21H24F2N4O2S. The number of amides is 2. The molecule has 1 saturated heterocycles. The van der Waals surface area contributed by atoms with Crippen LogP contribution in [-0.2, 0) is 4.84 Å². The van der Waals surface area contributed by atoms with Crippen LogP contribution >= 0.6 is 11.9 Å². The predicted molar refractivity (Wildman–Crippen MR) is 114 cm³/mol. The average molecular weight is 435 g/mol. The largest absolute Gasteiger partial charge is 0.369 e. The first kappa shape index (κ1) is 20.9. The van der Waals surface area contributed by atoms with E-state index >= 15 is 0 Å². The Morgan fingerprint density at radius 1 is 1.27 bits per heavy atom. The van der Waals surface area contributed by atoms with Crippen molar-refractivity contribution in [2.45, 2.75) is 31.5 Å². The first-order valence-electron chi connectivity index (χ1n) is 9.98. The van der Waals surface area contributed by atoms with Crippen molar-refractivity contribution >= 4 is 29.3 Å². The van der Waals surface area contributed by atoms with Gasteiger partial charge in [0.05, 0.1) is 17.2 Å². The van der Waals surface area contributed by atoms with E-state index in [1.54, 1.807) is 35.1 Å². The van der Waals surface area contributed by atoms with E-state index in [1.165, 1.54) is 18.2 Å². The Balaban J connectivity index is 1.49. The van der Waals surface area contributed by atoms with E-state index in [-0.39, 0.29) is 11.6 Å². The van der Waals surface area contributed by atoms with E-state index in [9.17, 15) is 13.6 Å². The number of halogens is 2. The Kier molecular flexibility index (Phi) is 6.38. The molecule has 3 aliphatic rings. The Labute approximate surface area is 178 Å². The zero-order valence-electron chi connectivity index (χ0n) is 16.6. The lowest BCUT2D eigenvalue weighted by molar-refractivity contribution is 0.0496. The van der Waals surface area contributed by atoms with Crippen LogP contribution in [0, 0.1) is 17.6 Å². The van der Waals surface area contributed by atoms with Gasteiger partial charge >= 0.3 is 6.03 Å². The van der Waals surface area contributed by atoms with E-state index in [0.717, 1.165) is 19.3 Å². The molecule has 160 valence electrons. The zero-order valence-corrected chi connectivity index (χ0v) is 17.4. The first-order valence-corrected chi connectivity index (χ1v) is 11.2. The number of allylic oxidation sites excluding steroid dienone is 3. The number of hydrogen-bond donors (Lipinski definition) is 2. The summed E-state index contributed by atoms with van der Waals surface area (Å²) in [5, 5.41) is 6.89. The zero-order chi connectivity index (χ0) is 21.1. The van der Waals surface area contributed by atoms with Crippen LogP contribution in [0.25, 0.3) is 5.57 Å². The van der Waals surface area contributed by atoms with Crippen molar-refractivity contribution in [3.8, 4) is 0 Å². The fourth-order valence-electron chi connectivity index (χ4n) is 4.12. The van der Waals surface area contributed by atoms with Gasteiger partial charge in [0.1, 0.15) is 11.6 Å². The van der Waals surface area contributed by atoms with Crippen LogP contribution in [0.15, 0.2) is 41.6 Å². The highest BCUT2D eigenvalue weighted by Crippen LogP contribution is 2.37. The maximum Gasteiger partial charge on any atom is 0.320 e. The molecule has 4 rings (SSSR count). The summed E-state index contributed by atoms with van der Waals surface area (Å²) in [5.41, 5.74) is 0.806. The fraction of sp³-hybridized carbons (Fsp3) is 0.429. The average Bonchev–Trinajstić information content (AvgIpc) is 2.98. The number of nitrogens with zero attached hydrogens (tertiary/aromatic N) is 2. The maximum absolute atomic E-state index is 14.4.